The van der Waals surface area contributed by atoms with Crippen LogP contribution in [0.15, 0.2) is 47.4 Å². The van der Waals surface area contributed by atoms with Gasteiger partial charge in [-0.05, 0) is 43.3 Å². The molecule has 152 valence electrons. The number of morpholine rings is 1. The van der Waals surface area contributed by atoms with Crippen LogP contribution in [0.2, 0.25) is 0 Å². The Kier molecular flexibility index (Phi) is 6.49. The van der Waals surface area contributed by atoms with Crippen molar-refractivity contribution in [3.63, 3.8) is 0 Å². The van der Waals surface area contributed by atoms with E-state index in [4.69, 9.17) is 19.5 Å². The molecule has 3 rings (SSSR count). The van der Waals surface area contributed by atoms with E-state index in [1.54, 1.807) is 6.92 Å². The van der Waals surface area contributed by atoms with Gasteiger partial charge in [0.15, 0.2) is 11.5 Å². The average Bonchev–Trinajstić information content (AvgIpc) is 2.75. The fraction of sp³-hybridized carbons (Fsp3) is 0.300. The topological polar surface area (TPSA) is 106 Å². The van der Waals surface area contributed by atoms with Crippen molar-refractivity contribution in [2.75, 3.05) is 32.9 Å². The summed E-state index contributed by atoms with van der Waals surface area (Å²) in [6.45, 7) is 3.43. The first-order valence-electron chi connectivity index (χ1n) is 9.03. The molecular formula is C20H20N2O6S. The fourth-order valence-corrected chi connectivity index (χ4v) is 4.20. The van der Waals surface area contributed by atoms with Crippen LogP contribution in [0.25, 0.3) is 0 Å². The van der Waals surface area contributed by atoms with Crippen molar-refractivity contribution in [2.24, 2.45) is 0 Å². The molecule has 0 unspecified atom stereocenters. The predicted octanol–water partition coefficient (Wildman–Crippen LogP) is 2.20. The Labute approximate surface area is 169 Å². The number of ether oxygens (including phenoxy) is 3. The normalized spacial score (nSPS) is 14.8. The second kappa shape index (κ2) is 9.05. The van der Waals surface area contributed by atoms with E-state index in [1.165, 1.54) is 46.8 Å². The molecular weight excluding hydrogens is 396 g/mol. The molecule has 29 heavy (non-hydrogen) atoms. The highest BCUT2D eigenvalue weighted by atomic mass is 32.2. The highest BCUT2D eigenvalue weighted by Crippen LogP contribution is 2.29. The Morgan fingerprint density at radius 3 is 2.45 bits per heavy atom. The zero-order chi connectivity index (χ0) is 20.9. The van der Waals surface area contributed by atoms with Crippen LogP contribution in [0.5, 0.6) is 11.5 Å². The Hall–Kier alpha value is -2.93. The van der Waals surface area contributed by atoms with Gasteiger partial charge in [-0.15, -0.1) is 0 Å². The van der Waals surface area contributed by atoms with E-state index in [2.05, 4.69) is 0 Å². The van der Waals surface area contributed by atoms with E-state index in [0.29, 0.717) is 38.5 Å². The lowest BCUT2D eigenvalue weighted by atomic mass is 10.2. The monoisotopic (exact) mass is 416 g/mol. The van der Waals surface area contributed by atoms with Gasteiger partial charge in [-0.2, -0.15) is 9.57 Å². The van der Waals surface area contributed by atoms with E-state index in [-0.39, 0.29) is 22.0 Å². The van der Waals surface area contributed by atoms with Gasteiger partial charge < -0.3 is 14.2 Å². The molecule has 1 fully saturated rings. The van der Waals surface area contributed by atoms with Crippen molar-refractivity contribution in [2.45, 2.75) is 11.8 Å². The summed E-state index contributed by atoms with van der Waals surface area (Å²) in [6.07, 6.45) is 0. The molecule has 0 saturated carbocycles. The van der Waals surface area contributed by atoms with Gasteiger partial charge in [0.25, 0.3) is 0 Å². The Morgan fingerprint density at radius 1 is 1.14 bits per heavy atom. The molecule has 0 atom stereocenters. The van der Waals surface area contributed by atoms with Crippen molar-refractivity contribution < 1.29 is 27.4 Å². The van der Waals surface area contributed by atoms with Crippen LogP contribution in [0.3, 0.4) is 0 Å². The molecule has 8 nitrogen and oxygen atoms in total. The molecule has 2 aromatic carbocycles. The first-order valence-corrected chi connectivity index (χ1v) is 10.5. The van der Waals surface area contributed by atoms with Crippen LogP contribution < -0.4 is 9.47 Å². The molecule has 0 aliphatic carbocycles. The standard InChI is InChI=1S/C20H20N2O6S/c1-2-27-19-13-15(14-21)3-8-18(19)28-20(23)16-4-6-17(7-5-16)29(24,25)22-9-11-26-12-10-22/h3-8,13H,2,9-12H2,1H3. The van der Waals surface area contributed by atoms with E-state index >= 15 is 0 Å². The molecule has 1 aliphatic rings. The Morgan fingerprint density at radius 2 is 1.83 bits per heavy atom. The molecule has 0 N–H and O–H groups in total. The summed E-state index contributed by atoms with van der Waals surface area (Å²) in [4.78, 5) is 12.6. The number of esters is 1. The number of hydrogen-bond donors (Lipinski definition) is 0. The second-order valence-electron chi connectivity index (χ2n) is 6.14. The van der Waals surface area contributed by atoms with Gasteiger partial charge in [0, 0.05) is 19.2 Å². The summed E-state index contributed by atoms with van der Waals surface area (Å²) in [6, 6.07) is 12.1. The predicted molar refractivity (Wildman–Crippen MR) is 103 cm³/mol. The average molecular weight is 416 g/mol. The molecule has 1 heterocycles. The van der Waals surface area contributed by atoms with Gasteiger partial charge in [0.1, 0.15) is 0 Å². The molecule has 0 radical (unpaired) electrons. The first kappa shape index (κ1) is 20.8. The lowest BCUT2D eigenvalue weighted by molar-refractivity contribution is 0.0728. The van der Waals surface area contributed by atoms with Crippen molar-refractivity contribution >= 4 is 16.0 Å². The number of carbonyl (C=O) groups is 1. The summed E-state index contributed by atoms with van der Waals surface area (Å²) >= 11 is 0. The first-order chi connectivity index (χ1) is 14.0. The molecule has 1 saturated heterocycles. The van der Waals surface area contributed by atoms with Crippen LogP contribution in [0.1, 0.15) is 22.8 Å². The van der Waals surface area contributed by atoms with Crippen LogP contribution in [0, 0.1) is 11.3 Å². The van der Waals surface area contributed by atoms with E-state index < -0.39 is 16.0 Å². The number of nitrogens with zero attached hydrogens (tertiary/aromatic N) is 2. The minimum absolute atomic E-state index is 0.101. The second-order valence-corrected chi connectivity index (χ2v) is 8.07. The summed E-state index contributed by atoms with van der Waals surface area (Å²) in [5, 5.41) is 8.99. The maximum absolute atomic E-state index is 12.6. The molecule has 0 aromatic heterocycles. The number of rotatable bonds is 6. The molecule has 1 aliphatic heterocycles. The third-order valence-corrected chi connectivity index (χ3v) is 6.19. The minimum Gasteiger partial charge on any atom is -0.490 e. The Balaban J connectivity index is 1.77. The lowest BCUT2D eigenvalue weighted by Gasteiger charge is -2.26. The van der Waals surface area contributed by atoms with Gasteiger partial charge in [-0.25, -0.2) is 13.2 Å². The van der Waals surface area contributed by atoms with Gasteiger partial charge in [0.2, 0.25) is 10.0 Å². The highest BCUT2D eigenvalue weighted by molar-refractivity contribution is 7.89. The third kappa shape index (κ3) is 4.74. The van der Waals surface area contributed by atoms with Crippen LogP contribution in [-0.4, -0.2) is 51.6 Å². The fourth-order valence-electron chi connectivity index (χ4n) is 2.79. The number of benzene rings is 2. The molecule has 0 spiro atoms. The summed E-state index contributed by atoms with van der Waals surface area (Å²) < 4.78 is 42.6. The summed E-state index contributed by atoms with van der Waals surface area (Å²) in [5.41, 5.74) is 0.573. The number of nitriles is 1. The quantitative estimate of drug-likeness (QED) is 0.525. The number of carbonyl (C=O) groups excluding carboxylic acids is 1. The maximum atomic E-state index is 12.6. The van der Waals surface area contributed by atoms with Gasteiger partial charge in [0.05, 0.1) is 41.9 Å². The smallest absolute Gasteiger partial charge is 0.343 e. The summed E-state index contributed by atoms with van der Waals surface area (Å²) in [5.74, 6) is -0.196. The molecule has 9 heteroatoms. The SMILES string of the molecule is CCOc1cc(C#N)ccc1OC(=O)c1ccc(S(=O)(=O)N2CCOCC2)cc1. The van der Waals surface area contributed by atoms with Crippen molar-refractivity contribution in [3.8, 4) is 17.6 Å². The zero-order valence-corrected chi connectivity index (χ0v) is 16.6. The minimum atomic E-state index is -3.63. The number of sulfonamides is 1. The van der Waals surface area contributed by atoms with Crippen LogP contribution in [0.4, 0.5) is 0 Å². The van der Waals surface area contributed by atoms with Gasteiger partial charge in [-0.3, -0.25) is 0 Å². The van der Waals surface area contributed by atoms with Crippen LogP contribution >= 0.6 is 0 Å². The Bertz CT molecular complexity index is 1020. The molecule has 2 aromatic rings. The molecule has 0 bridgehead atoms. The van der Waals surface area contributed by atoms with Gasteiger partial charge in [-0.1, -0.05) is 0 Å². The largest absolute Gasteiger partial charge is 0.490 e. The third-order valence-electron chi connectivity index (χ3n) is 4.27. The van der Waals surface area contributed by atoms with E-state index in [9.17, 15) is 13.2 Å². The molecule has 0 amide bonds. The van der Waals surface area contributed by atoms with E-state index in [1.807, 2.05) is 6.07 Å². The van der Waals surface area contributed by atoms with Gasteiger partial charge >= 0.3 is 5.97 Å². The van der Waals surface area contributed by atoms with Crippen molar-refractivity contribution in [1.82, 2.24) is 4.31 Å². The van der Waals surface area contributed by atoms with Crippen molar-refractivity contribution in [1.29, 1.82) is 5.26 Å². The highest BCUT2D eigenvalue weighted by Gasteiger charge is 2.26. The number of hydrogen-bond acceptors (Lipinski definition) is 7. The van der Waals surface area contributed by atoms with Crippen LogP contribution in [-0.2, 0) is 14.8 Å². The lowest BCUT2D eigenvalue weighted by Crippen LogP contribution is -2.40. The van der Waals surface area contributed by atoms with E-state index in [0.717, 1.165) is 0 Å². The zero-order valence-electron chi connectivity index (χ0n) is 15.8. The maximum Gasteiger partial charge on any atom is 0.343 e. The van der Waals surface area contributed by atoms with Crippen molar-refractivity contribution in [3.05, 3.63) is 53.6 Å². The summed E-state index contributed by atoms with van der Waals surface area (Å²) in [7, 11) is -3.63.